The number of aliphatic carboxylic acids is 1. The van der Waals surface area contributed by atoms with Crippen molar-refractivity contribution in [2.45, 2.75) is 33.9 Å². The van der Waals surface area contributed by atoms with E-state index in [0.717, 1.165) is 36.3 Å². The SMILES string of the molecule is CCn1nc(C)c(Br)c1CN1CC(C(C)C(=O)O)C1. The Morgan fingerprint density at radius 3 is 2.74 bits per heavy atom. The lowest BCUT2D eigenvalue weighted by Crippen LogP contribution is -2.50. The lowest BCUT2D eigenvalue weighted by Gasteiger charge is -2.41. The normalized spacial score (nSPS) is 18.3. The van der Waals surface area contributed by atoms with Crippen LogP contribution in [-0.2, 0) is 17.9 Å². The molecule has 0 amide bonds. The van der Waals surface area contributed by atoms with Crippen LogP contribution >= 0.6 is 15.9 Å². The number of carboxylic acid groups (broad SMARTS) is 1. The van der Waals surface area contributed by atoms with E-state index in [0.29, 0.717) is 0 Å². The summed E-state index contributed by atoms with van der Waals surface area (Å²) in [6, 6.07) is 0. The van der Waals surface area contributed by atoms with E-state index < -0.39 is 5.97 Å². The average Bonchev–Trinajstić information content (AvgIpc) is 2.59. The van der Waals surface area contributed by atoms with Crippen LogP contribution < -0.4 is 0 Å². The molecular weight excluding hydrogens is 310 g/mol. The first-order valence-corrected chi connectivity index (χ1v) is 7.40. The molecule has 0 spiro atoms. The molecule has 6 heteroatoms. The van der Waals surface area contributed by atoms with Crippen molar-refractivity contribution in [1.29, 1.82) is 0 Å². The van der Waals surface area contributed by atoms with Gasteiger partial charge in [0, 0.05) is 26.2 Å². The Morgan fingerprint density at radius 2 is 2.21 bits per heavy atom. The van der Waals surface area contributed by atoms with Crippen molar-refractivity contribution < 1.29 is 9.90 Å². The highest BCUT2D eigenvalue weighted by atomic mass is 79.9. The number of halogens is 1. The summed E-state index contributed by atoms with van der Waals surface area (Å²) in [5.74, 6) is -0.673. The maximum atomic E-state index is 10.9. The molecule has 1 aliphatic rings. The van der Waals surface area contributed by atoms with Crippen molar-refractivity contribution in [2.75, 3.05) is 13.1 Å². The van der Waals surface area contributed by atoms with Gasteiger partial charge in [0.15, 0.2) is 0 Å². The minimum absolute atomic E-state index is 0.252. The summed E-state index contributed by atoms with van der Waals surface area (Å²) in [5, 5.41) is 13.5. The topological polar surface area (TPSA) is 58.4 Å². The summed E-state index contributed by atoms with van der Waals surface area (Å²) in [6.07, 6.45) is 0. The number of nitrogens with zero attached hydrogens (tertiary/aromatic N) is 3. The van der Waals surface area contributed by atoms with E-state index in [9.17, 15) is 4.79 Å². The molecule has 1 aromatic rings. The molecule has 5 nitrogen and oxygen atoms in total. The maximum Gasteiger partial charge on any atom is 0.306 e. The standard InChI is InChI=1S/C13H20BrN3O2/c1-4-17-11(12(14)9(3)15-17)7-16-5-10(6-16)8(2)13(18)19/h8,10H,4-7H2,1-3H3,(H,18,19). The van der Waals surface area contributed by atoms with Gasteiger partial charge in [0.25, 0.3) is 0 Å². The van der Waals surface area contributed by atoms with Gasteiger partial charge in [0.05, 0.1) is 21.8 Å². The highest BCUT2D eigenvalue weighted by Crippen LogP contribution is 2.28. The highest BCUT2D eigenvalue weighted by molar-refractivity contribution is 9.10. The molecule has 1 aliphatic heterocycles. The third kappa shape index (κ3) is 2.84. The Morgan fingerprint density at radius 1 is 1.58 bits per heavy atom. The summed E-state index contributed by atoms with van der Waals surface area (Å²) >= 11 is 3.59. The summed E-state index contributed by atoms with van der Waals surface area (Å²) in [4.78, 5) is 13.2. The molecule has 0 aromatic carbocycles. The Hall–Kier alpha value is -0.880. The van der Waals surface area contributed by atoms with Gasteiger partial charge in [-0.15, -0.1) is 0 Å². The fourth-order valence-electron chi connectivity index (χ4n) is 2.49. The molecular formula is C13H20BrN3O2. The van der Waals surface area contributed by atoms with Gasteiger partial charge in [0.2, 0.25) is 0 Å². The highest BCUT2D eigenvalue weighted by Gasteiger charge is 2.35. The van der Waals surface area contributed by atoms with E-state index in [1.54, 1.807) is 6.92 Å². The molecule has 1 N–H and O–H groups in total. The maximum absolute atomic E-state index is 10.9. The van der Waals surface area contributed by atoms with E-state index >= 15 is 0 Å². The number of aromatic nitrogens is 2. The molecule has 1 fully saturated rings. The number of hydrogen-bond acceptors (Lipinski definition) is 3. The molecule has 0 bridgehead atoms. The quantitative estimate of drug-likeness (QED) is 0.899. The van der Waals surface area contributed by atoms with Gasteiger partial charge >= 0.3 is 5.97 Å². The lowest BCUT2D eigenvalue weighted by atomic mass is 9.87. The van der Waals surface area contributed by atoms with Gasteiger partial charge < -0.3 is 5.11 Å². The van der Waals surface area contributed by atoms with Crippen molar-refractivity contribution in [2.24, 2.45) is 11.8 Å². The van der Waals surface area contributed by atoms with Crippen LogP contribution in [0.4, 0.5) is 0 Å². The predicted molar refractivity (Wildman–Crippen MR) is 75.9 cm³/mol. The monoisotopic (exact) mass is 329 g/mol. The van der Waals surface area contributed by atoms with Crippen molar-refractivity contribution in [3.05, 3.63) is 15.9 Å². The zero-order valence-corrected chi connectivity index (χ0v) is 13.1. The van der Waals surface area contributed by atoms with Gasteiger partial charge in [-0.3, -0.25) is 14.4 Å². The largest absolute Gasteiger partial charge is 0.481 e. The molecule has 1 atom stereocenters. The second-order valence-electron chi connectivity index (χ2n) is 5.24. The Balaban J connectivity index is 1.96. The summed E-state index contributed by atoms with van der Waals surface area (Å²) in [7, 11) is 0. The minimum atomic E-state index is -0.694. The average molecular weight is 330 g/mol. The molecule has 106 valence electrons. The van der Waals surface area contributed by atoms with Crippen LogP contribution in [0.3, 0.4) is 0 Å². The van der Waals surface area contributed by atoms with E-state index in [2.05, 4.69) is 32.9 Å². The van der Waals surface area contributed by atoms with Crippen LogP contribution in [-0.4, -0.2) is 38.8 Å². The fourth-order valence-corrected chi connectivity index (χ4v) is 2.90. The third-order valence-corrected chi connectivity index (χ3v) is 4.94. The zero-order chi connectivity index (χ0) is 14.2. The van der Waals surface area contributed by atoms with E-state index in [1.165, 1.54) is 5.69 Å². The molecule has 2 heterocycles. The fraction of sp³-hybridized carbons (Fsp3) is 0.692. The van der Waals surface area contributed by atoms with Gasteiger partial charge in [0.1, 0.15) is 0 Å². The number of likely N-dealkylation sites (tertiary alicyclic amines) is 1. The van der Waals surface area contributed by atoms with Crippen LogP contribution in [0.15, 0.2) is 4.47 Å². The van der Waals surface area contributed by atoms with E-state index in [4.69, 9.17) is 5.11 Å². The summed E-state index contributed by atoms with van der Waals surface area (Å²) in [6.45, 7) is 9.25. The van der Waals surface area contributed by atoms with Gasteiger partial charge in [-0.25, -0.2) is 0 Å². The Labute approximate surface area is 121 Å². The van der Waals surface area contributed by atoms with Crippen LogP contribution in [0.1, 0.15) is 25.2 Å². The van der Waals surface area contributed by atoms with Crippen LogP contribution in [0.25, 0.3) is 0 Å². The number of rotatable bonds is 5. The molecule has 1 unspecified atom stereocenters. The van der Waals surface area contributed by atoms with Crippen molar-refractivity contribution >= 4 is 21.9 Å². The molecule has 1 saturated heterocycles. The first-order valence-electron chi connectivity index (χ1n) is 6.61. The Bertz CT molecular complexity index is 480. The van der Waals surface area contributed by atoms with Crippen LogP contribution in [0, 0.1) is 18.8 Å². The minimum Gasteiger partial charge on any atom is -0.481 e. The van der Waals surface area contributed by atoms with Crippen molar-refractivity contribution in [3.8, 4) is 0 Å². The zero-order valence-electron chi connectivity index (χ0n) is 11.6. The van der Waals surface area contributed by atoms with E-state index in [-0.39, 0.29) is 11.8 Å². The first kappa shape index (κ1) is 14.5. The molecule has 0 saturated carbocycles. The molecule has 0 radical (unpaired) electrons. The van der Waals surface area contributed by atoms with Crippen LogP contribution in [0.5, 0.6) is 0 Å². The molecule has 2 rings (SSSR count). The molecule has 1 aromatic heterocycles. The number of aryl methyl sites for hydroxylation is 2. The van der Waals surface area contributed by atoms with Gasteiger partial charge in [-0.05, 0) is 35.7 Å². The number of carboxylic acids is 1. The molecule has 19 heavy (non-hydrogen) atoms. The summed E-state index contributed by atoms with van der Waals surface area (Å²) in [5.41, 5.74) is 2.19. The molecule has 0 aliphatic carbocycles. The third-order valence-electron chi connectivity index (χ3n) is 3.91. The van der Waals surface area contributed by atoms with Crippen LogP contribution in [0.2, 0.25) is 0 Å². The first-order chi connectivity index (χ1) is 8.93. The second-order valence-corrected chi connectivity index (χ2v) is 6.04. The lowest BCUT2D eigenvalue weighted by molar-refractivity contribution is -0.145. The number of hydrogen-bond donors (Lipinski definition) is 1. The van der Waals surface area contributed by atoms with Crippen molar-refractivity contribution in [1.82, 2.24) is 14.7 Å². The van der Waals surface area contributed by atoms with Crippen molar-refractivity contribution in [3.63, 3.8) is 0 Å². The van der Waals surface area contributed by atoms with E-state index in [1.807, 2.05) is 11.6 Å². The Kier molecular flexibility index (Phi) is 4.30. The summed E-state index contributed by atoms with van der Waals surface area (Å²) < 4.78 is 3.08. The smallest absolute Gasteiger partial charge is 0.306 e. The van der Waals surface area contributed by atoms with Gasteiger partial charge in [-0.2, -0.15) is 5.10 Å². The number of carbonyl (C=O) groups is 1. The second kappa shape index (κ2) is 5.63. The predicted octanol–water partition coefficient (Wildman–Crippen LogP) is 2.13. The van der Waals surface area contributed by atoms with Gasteiger partial charge in [-0.1, -0.05) is 6.92 Å².